The third-order valence-corrected chi connectivity index (χ3v) is 6.45. The zero-order valence-corrected chi connectivity index (χ0v) is 16.7. The Morgan fingerprint density at radius 3 is 2.29 bits per heavy atom. The number of rotatable bonds is 6. The maximum atomic E-state index is 12.6. The van der Waals surface area contributed by atoms with Gasteiger partial charge in [0.25, 0.3) is 5.91 Å². The first-order chi connectivity index (χ1) is 13.5. The summed E-state index contributed by atoms with van der Waals surface area (Å²) in [5, 5.41) is 11.1. The van der Waals surface area contributed by atoms with Gasteiger partial charge in [0.15, 0.2) is 6.61 Å². The van der Waals surface area contributed by atoms with E-state index in [0.717, 1.165) is 30.4 Å². The molecule has 2 aromatic rings. The average Bonchev–Trinajstić information content (AvgIpc) is 3.41. The number of amides is 1. The number of carbonyl (C=O) groups is 1. The number of ether oxygens (including phenoxy) is 1. The van der Waals surface area contributed by atoms with Gasteiger partial charge in [-0.3, -0.25) is 4.79 Å². The van der Waals surface area contributed by atoms with E-state index in [4.69, 9.17) is 4.74 Å². The molecule has 1 amide bonds. The number of likely N-dealkylation sites (N-methyl/N-ethyl adjacent to an activating group) is 1. The van der Waals surface area contributed by atoms with E-state index in [0.29, 0.717) is 17.8 Å². The molecule has 0 aliphatic heterocycles. The van der Waals surface area contributed by atoms with Crippen LogP contribution in [-0.2, 0) is 4.79 Å². The maximum Gasteiger partial charge on any atom is 0.260 e. The molecular formula is C20H28N6O2. The Morgan fingerprint density at radius 1 is 1.07 bits per heavy atom. The van der Waals surface area contributed by atoms with Crippen molar-refractivity contribution in [2.75, 3.05) is 27.7 Å². The number of carbonyl (C=O) groups excluding carboxylic acids is 1. The summed E-state index contributed by atoms with van der Waals surface area (Å²) in [5.41, 5.74) is 0.842. The summed E-state index contributed by atoms with van der Waals surface area (Å²) in [7, 11) is 6.26. The summed E-state index contributed by atoms with van der Waals surface area (Å²) in [4.78, 5) is 16.9. The lowest BCUT2D eigenvalue weighted by Gasteiger charge is -2.27. The minimum absolute atomic E-state index is 0.0404. The Bertz CT molecular complexity index is 778. The Balaban J connectivity index is 1.26. The van der Waals surface area contributed by atoms with Gasteiger partial charge in [0.05, 0.1) is 5.69 Å². The molecule has 2 aliphatic rings. The number of hydrogen-bond acceptors (Lipinski definition) is 6. The van der Waals surface area contributed by atoms with E-state index >= 15 is 0 Å². The van der Waals surface area contributed by atoms with E-state index in [1.54, 1.807) is 4.68 Å². The highest BCUT2D eigenvalue weighted by atomic mass is 16.5. The van der Waals surface area contributed by atoms with Crippen molar-refractivity contribution >= 4 is 5.91 Å². The van der Waals surface area contributed by atoms with Crippen LogP contribution in [0.2, 0.25) is 0 Å². The summed E-state index contributed by atoms with van der Waals surface area (Å²) in [6, 6.07) is 8.42. The first kappa shape index (κ1) is 18.9. The van der Waals surface area contributed by atoms with Gasteiger partial charge in [0.2, 0.25) is 0 Å². The molecule has 150 valence electrons. The molecule has 0 N–H and O–H groups in total. The van der Waals surface area contributed by atoms with Crippen LogP contribution in [0.5, 0.6) is 5.75 Å². The molecule has 2 saturated carbocycles. The topological polar surface area (TPSA) is 76.4 Å². The standard InChI is InChI=1S/C20H28N6O2/c1-24(2)17-8-14-10-18(11-15(14)9-17)25(3)20(27)12-28-19-6-4-16(5-7-19)26-13-21-22-23-26/h4-7,13-15,17-18H,8-12H2,1-3H3/t14-,15+,17?,18?. The highest BCUT2D eigenvalue weighted by Crippen LogP contribution is 2.46. The lowest BCUT2D eigenvalue weighted by molar-refractivity contribution is -0.134. The molecule has 8 heteroatoms. The van der Waals surface area contributed by atoms with E-state index in [9.17, 15) is 4.79 Å². The molecular weight excluding hydrogens is 356 g/mol. The molecule has 2 unspecified atom stereocenters. The fourth-order valence-electron chi connectivity index (χ4n) is 4.72. The largest absolute Gasteiger partial charge is 0.484 e. The second kappa shape index (κ2) is 7.87. The zero-order chi connectivity index (χ0) is 19.7. The minimum Gasteiger partial charge on any atom is -0.484 e. The van der Waals surface area contributed by atoms with Crippen molar-refractivity contribution in [2.24, 2.45) is 11.8 Å². The van der Waals surface area contributed by atoms with Gasteiger partial charge < -0.3 is 14.5 Å². The molecule has 0 bridgehead atoms. The first-order valence-corrected chi connectivity index (χ1v) is 9.89. The molecule has 4 atom stereocenters. The van der Waals surface area contributed by atoms with Crippen LogP contribution in [0.3, 0.4) is 0 Å². The number of aromatic nitrogens is 4. The molecule has 1 heterocycles. The first-order valence-electron chi connectivity index (χ1n) is 9.89. The summed E-state index contributed by atoms with van der Waals surface area (Å²) >= 11 is 0. The quantitative estimate of drug-likeness (QED) is 0.753. The number of fused-ring (bicyclic) bond motifs is 1. The van der Waals surface area contributed by atoms with Gasteiger partial charge in [-0.1, -0.05) is 0 Å². The van der Waals surface area contributed by atoms with Gasteiger partial charge >= 0.3 is 0 Å². The smallest absolute Gasteiger partial charge is 0.260 e. The summed E-state index contributed by atoms with van der Waals surface area (Å²) in [6.45, 7) is 0.0624. The van der Waals surface area contributed by atoms with Crippen LogP contribution in [0.4, 0.5) is 0 Å². The van der Waals surface area contributed by atoms with Crippen molar-refractivity contribution in [3.05, 3.63) is 30.6 Å². The van der Waals surface area contributed by atoms with Gasteiger partial charge in [-0.25, -0.2) is 4.68 Å². The van der Waals surface area contributed by atoms with E-state index in [2.05, 4.69) is 34.5 Å². The SMILES string of the molecule is CN(C)C1C[C@@H]2CC(N(C)C(=O)COc3ccc(-n4cnnn4)cc3)C[C@@H]2C1. The lowest BCUT2D eigenvalue weighted by Crippen LogP contribution is -2.39. The highest BCUT2D eigenvalue weighted by molar-refractivity contribution is 5.77. The van der Waals surface area contributed by atoms with E-state index in [-0.39, 0.29) is 12.5 Å². The van der Waals surface area contributed by atoms with Crippen molar-refractivity contribution in [3.8, 4) is 11.4 Å². The molecule has 2 fully saturated rings. The summed E-state index contributed by atoms with van der Waals surface area (Å²) < 4.78 is 7.27. The van der Waals surface area contributed by atoms with Crippen molar-refractivity contribution in [2.45, 2.75) is 37.8 Å². The van der Waals surface area contributed by atoms with Crippen LogP contribution in [0.1, 0.15) is 25.7 Å². The Labute approximate surface area is 165 Å². The fourth-order valence-corrected chi connectivity index (χ4v) is 4.72. The Hall–Kier alpha value is -2.48. The molecule has 0 spiro atoms. The van der Waals surface area contributed by atoms with Gasteiger partial charge in [0, 0.05) is 19.1 Å². The predicted molar refractivity (Wildman–Crippen MR) is 104 cm³/mol. The monoisotopic (exact) mass is 384 g/mol. The highest BCUT2D eigenvalue weighted by Gasteiger charge is 2.44. The summed E-state index contributed by atoms with van der Waals surface area (Å²) in [6.07, 6.45) is 6.31. The van der Waals surface area contributed by atoms with Crippen molar-refractivity contribution < 1.29 is 9.53 Å². The third kappa shape index (κ3) is 3.87. The summed E-state index contributed by atoms with van der Waals surface area (Å²) in [5.74, 6) is 2.22. The van der Waals surface area contributed by atoms with E-state index < -0.39 is 0 Å². The molecule has 0 saturated heterocycles. The van der Waals surface area contributed by atoms with Gasteiger partial charge in [0.1, 0.15) is 12.1 Å². The van der Waals surface area contributed by atoms with Crippen molar-refractivity contribution in [1.82, 2.24) is 30.0 Å². The van der Waals surface area contributed by atoms with Crippen LogP contribution < -0.4 is 4.74 Å². The Morgan fingerprint density at radius 2 is 1.71 bits per heavy atom. The molecule has 0 radical (unpaired) electrons. The normalized spacial score (nSPS) is 26.4. The predicted octanol–water partition coefficient (Wildman–Crippen LogP) is 1.62. The molecule has 1 aromatic heterocycles. The number of hydrogen-bond donors (Lipinski definition) is 0. The van der Waals surface area contributed by atoms with Crippen LogP contribution in [0.15, 0.2) is 30.6 Å². The van der Waals surface area contributed by atoms with Gasteiger partial charge in [-0.2, -0.15) is 0 Å². The molecule has 2 aliphatic carbocycles. The van der Waals surface area contributed by atoms with Gasteiger partial charge in [-0.05, 0) is 86.3 Å². The average molecular weight is 384 g/mol. The van der Waals surface area contributed by atoms with Crippen LogP contribution in [0, 0.1) is 11.8 Å². The Kier molecular flexibility index (Phi) is 5.30. The number of benzene rings is 1. The molecule has 8 nitrogen and oxygen atoms in total. The zero-order valence-electron chi connectivity index (χ0n) is 16.7. The van der Waals surface area contributed by atoms with E-state index in [1.807, 2.05) is 36.2 Å². The minimum atomic E-state index is 0.0404. The second-order valence-electron chi connectivity index (χ2n) is 8.28. The lowest BCUT2D eigenvalue weighted by atomic mass is 10.0. The van der Waals surface area contributed by atoms with Crippen molar-refractivity contribution in [3.63, 3.8) is 0 Å². The van der Waals surface area contributed by atoms with Gasteiger partial charge in [-0.15, -0.1) is 5.10 Å². The molecule has 4 rings (SSSR count). The van der Waals surface area contributed by atoms with Crippen molar-refractivity contribution in [1.29, 1.82) is 0 Å². The number of nitrogens with zero attached hydrogens (tertiary/aromatic N) is 6. The fraction of sp³-hybridized carbons (Fsp3) is 0.600. The van der Waals surface area contributed by atoms with Crippen LogP contribution >= 0.6 is 0 Å². The van der Waals surface area contributed by atoms with Crippen LogP contribution in [-0.4, -0.2) is 75.7 Å². The third-order valence-electron chi connectivity index (χ3n) is 6.45. The maximum absolute atomic E-state index is 12.6. The number of tetrazole rings is 1. The van der Waals surface area contributed by atoms with Crippen LogP contribution in [0.25, 0.3) is 5.69 Å². The van der Waals surface area contributed by atoms with E-state index in [1.165, 1.54) is 19.2 Å². The molecule has 28 heavy (non-hydrogen) atoms. The second-order valence-corrected chi connectivity index (χ2v) is 8.28. The molecule has 1 aromatic carbocycles.